The molecule has 0 saturated carbocycles. The van der Waals surface area contributed by atoms with Crippen molar-refractivity contribution in [3.05, 3.63) is 65.8 Å². The molecule has 0 spiro atoms. The summed E-state index contributed by atoms with van der Waals surface area (Å²) in [6, 6.07) is 13.1. The minimum atomic E-state index is -0.622. The first-order chi connectivity index (χ1) is 15.4. The fourth-order valence-electron chi connectivity index (χ4n) is 3.30. The van der Waals surface area contributed by atoms with Gasteiger partial charge in [-0.25, -0.2) is 4.39 Å². The van der Waals surface area contributed by atoms with Crippen molar-refractivity contribution < 1.29 is 18.5 Å². The van der Waals surface area contributed by atoms with E-state index in [0.29, 0.717) is 35.1 Å². The fourth-order valence-corrected chi connectivity index (χ4v) is 3.30. The number of amides is 2. The molecule has 32 heavy (non-hydrogen) atoms. The zero-order valence-corrected chi connectivity index (χ0v) is 18.5. The second kappa shape index (κ2) is 10.7. The lowest BCUT2D eigenvalue weighted by Gasteiger charge is -2.28. The Hall–Kier alpha value is -3.55. The van der Waals surface area contributed by atoms with E-state index in [1.54, 1.807) is 43.0 Å². The van der Waals surface area contributed by atoms with Gasteiger partial charge in [-0.3, -0.25) is 9.59 Å². The number of hydrogen-bond acceptors (Lipinski definition) is 5. The van der Waals surface area contributed by atoms with Crippen molar-refractivity contribution in [2.24, 2.45) is 0 Å². The molecule has 7 nitrogen and oxygen atoms in total. The summed E-state index contributed by atoms with van der Waals surface area (Å²) in [6.45, 7) is 5.80. The van der Waals surface area contributed by atoms with Gasteiger partial charge in [0.1, 0.15) is 11.9 Å². The van der Waals surface area contributed by atoms with Gasteiger partial charge < -0.3 is 14.7 Å². The lowest BCUT2D eigenvalue weighted by molar-refractivity contribution is -0.138. The van der Waals surface area contributed by atoms with E-state index in [0.717, 1.165) is 6.42 Å². The Morgan fingerprint density at radius 3 is 2.62 bits per heavy atom. The van der Waals surface area contributed by atoms with Crippen LogP contribution in [0.1, 0.15) is 38.1 Å². The molecule has 1 unspecified atom stereocenters. The van der Waals surface area contributed by atoms with Crippen molar-refractivity contribution >= 4 is 17.5 Å². The van der Waals surface area contributed by atoms with E-state index >= 15 is 0 Å². The van der Waals surface area contributed by atoms with E-state index in [4.69, 9.17) is 4.52 Å². The van der Waals surface area contributed by atoms with Crippen molar-refractivity contribution in [1.82, 2.24) is 15.0 Å². The van der Waals surface area contributed by atoms with Crippen LogP contribution in [0.25, 0.3) is 11.4 Å². The molecule has 1 heterocycles. The van der Waals surface area contributed by atoms with Crippen molar-refractivity contribution in [2.45, 2.75) is 46.1 Å². The van der Waals surface area contributed by atoms with Crippen LogP contribution in [0, 0.1) is 12.7 Å². The molecule has 0 aliphatic rings. The summed E-state index contributed by atoms with van der Waals surface area (Å²) in [6.07, 6.45) is 1.11. The van der Waals surface area contributed by atoms with Crippen LogP contribution < -0.4 is 5.32 Å². The number of anilines is 1. The first-order valence-corrected chi connectivity index (χ1v) is 10.6. The average Bonchev–Trinajstić information content (AvgIpc) is 3.27. The lowest BCUT2D eigenvalue weighted by Crippen LogP contribution is -2.46. The van der Waals surface area contributed by atoms with Crippen LogP contribution >= 0.6 is 0 Å². The van der Waals surface area contributed by atoms with Crippen LogP contribution in [-0.4, -0.2) is 39.4 Å². The van der Waals surface area contributed by atoms with Gasteiger partial charge in [0, 0.05) is 30.6 Å². The van der Waals surface area contributed by atoms with Gasteiger partial charge in [-0.2, -0.15) is 4.98 Å². The third-order valence-electron chi connectivity index (χ3n) is 5.11. The highest BCUT2D eigenvalue weighted by Gasteiger charge is 2.25. The van der Waals surface area contributed by atoms with Gasteiger partial charge in [0.05, 0.1) is 0 Å². The van der Waals surface area contributed by atoms with Crippen molar-refractivity contribution in [3.63, 3.8) is 0 Å². The van der Waals surface area contributed by atoms with Gasteiger partial charge in [-0.1, -0.05) is 30.3 Å². The van der Waals surface area contributed by atoms with Crippen LogP contribution in [0.2, 0.25) is 0 Å². The van der Waals surface area contributed by atoms with Gasteiger partial charge in [-0.15, -0.1) is 0 Å². The molecule has 168 valence electrons. The largest absolute Gasteiger partial charge is 0.339 e. The van der Waals surface area contributed by atoms with E-state index in [9.17, 15) is 14.0 Å². The molecule has 1 N–H and O–H groups in total. The Balaban J connectivity index is 1.61. The predicted octanol–water partition coefficient (Wildman–Crippen LogP) is 4.38. The second-order valence-corrected chi connectivity index (χ2v) is 7.59. The van der Waals surface area contributed by atoms with E-state index in [1.807, 2.05) is 25.1 Å². The highest BCUT2D eigenvalue weighted by molar-refractivity contribution is 5.96. The second-order valence-electron chi connectivity index (χ2n) is 7.59. The number of nitrogens with zero attached hydrogens (tertiary/aromatic N) is 3. The highest BCUT2D eigenvalue weighted by atomic mass is 19.1. The summed E-state index contributed by atoms with van der Waals surface area (Å²) in [5.74, 6) is -0.0565. The Bertz CT molecular complexity index is 1070. The lowest BCUT2D eigenvalue weighted by atomic mass is 10.1. The minimum absolute atomic E-state index is 0.132. The molecule has 3 aromatic rings. The molecule has 0 aliphatic carbocycles. The molecule has 0 fully saturated rings. The number of carbonyl (C=O) groups is 2. The molecular weight excluding hydrogens is 411 g/mol. The number of carbonyl (C=O) groups excluding carboxylic acids is 2. The molecular formula is C24H27FN4O3. The molecule has 8 heteroatoms. The van der Waals surface area contributed by atoms with E-state index in [-0.39, 0.29) is 30.5 Å². The topological polar surface area (TPSA) is 88.3 Å². The monoisotopic (exact) mass is 438 g/mol. The molecule has 2 aromatic carbocycles. The van der Waals surface area contributed by atoms with Crippen LogP contribution in [-0.2, 0) is 16.0 Å². The quantitative estimate of drug-likeness (QED) is 0.536. The number of nitrogens with one attached hydrogen (secondary N) is 1. The van der Waals surface area contributed by atoms with E-state index in [1.165, 1.54) is 6.07 Å². The number of aryl methyl sites for hydroxylation is 2. The fraction of sp³-hybridized carbons (Fsp3) is 0.333. The average molecular weight is 439 g/mol. The number of para-hydroxylation sites is 1. The number of halogens is 1. The van der Waals surface area contributed by atoms with Crippen molar-refractivity contribution in [2.75, 3.05) is 11.9 Å². The number of benzene rings is 2. The van der Waals surface area contributed by atoms with Gasteiger partial charge >= 0.3 is 0 Å². The Labute approximate surface area is 186 Å². The zero-order valence-electron chi connectivity index (χ0n) is 18.5. The zero-order chi connectivity index (χ0) is 23.1. The van der Waals surface area contributed by atoms with Gasteiger partial charge in [-0.05, 0) is 56.2 Å². The summed E-state index contributed by atoms with van der Waals surface area (Å²) in [5, 5.41) is 6.77. The molecule has 1 aromatic heterocycles. The summed E-state index contributed by atoms with van der Waals surface area (Å²) in [4.78, 5) is 31.4. The SMILES string of the molecule is CCCN(C(=O)CCc1nc(-c2ccc(F)c(C)c2)no1)C(C)C(=O)Nc1ccccc1. The molecule has 0 aliphatic heterocycles. The third kappa shape index (κ3) is 5.78. The smallest absolute Gasteiger partial charge is 0.246 e. The van der Waals surface area contributed by atoms with Crippen LogP contribution in [0.15, 0.2) is 53.1 Å². The molecule has 0 saturated heterocycles. The van der Waals surface area contributed by atoms with Gasteiger partial charge in [0.25, 0.3) is 0 Å². The van der Waals surface area contributed by atoms with Gasteiger partial charge in [0.2, 0.25) is 23.5 Å². The maximum Gasteiger partial charge on any atom is 0.246 e. The first-order valence-electron chi connectivity index (χ1n) is 10.6. The number of aromatic nitrogens is 2. The summed E-state index contributed by atoms with van der Waals surface area (Å²) in [5.41, 5.74) is 1.81. The molecule has 1 atom stereocenters. The maximum absolute atomic E-state index is 13.5. The summed E-state index contributed by atoms with van der Waals surface area (Å²) >= 11 is 0. The Morgan fingerprint density at radius 2 is 1.94 bits per heavy atom. The Kier molecular flexibility index (Phi) is 7.70. The third-order valence-corrected chi connectivity index (χ3v) is 5.11. The van der Waals surface area contributed by atoms with E-state index < -0.39 is 6.04 Å². The van der Waals surface area contributed by atoms with Gasteiger partial charge in [0.15, 0.2) is 0 Å². The maximum atomic E-state index is 13.5. The van der Waals surface area contributed by atoms with E-state index in [2.05, 4.69) is 15.5 Å². The Morgan fingerprint density at radius 1 is 1.19 bits per heavy atom. The van der Waals surface area contributed by atoms with Crippen molar-refractivity contribution in [1.29, 1.82) is 0 Å². The minimum Gasteiger partial charge on any atom is -0.339 e. The number of hydrogen-bond donors (Lipinski definition) is 1. The highest BCUT2D eigenvalue weighted by Crippen LogP contribution is 2.20. The molecule has 0 bridgehead atoms. The predicted molar refractivity (Wildman–Crippen MR) is 119 cm³/mol. The normalized spacial score (nSPS) is 11.8. The van der Waals surface area contributed by atoms with Crippen LogP contribution in [0.3, 0.4) is 0 Å². The van der Waals surface area contributed by atoms with Crippen molar-refractivity contribution in [3.8, 4) is 11.4 Å². The molecule has 0 radical (unpaired) electrons. The van der Waals surface area contributed by atoms with Crippen LogP contribution in [0.4, 0.5) is 10.1 Å². The summed E-state index contributed by atoms with van der Waals surface area (Å²) in [7, 11) is 0. The number of rotatable bonds is 9. The standard InChI is InChI=1S/C24H27FN4O3/c1-4-14-29(17(3)24(31)26-19-8-6-5-7-9-19)22(30)13-12-21-27-23(28-32-21)18-10-11-20(25)16(2)15-18/h5-11,15,17H,4,12-14H2,1-3H3,(H,26,31). The van der Waals surface area contributed by atoms with Crippen LogP contribution in [0.5, 0.6) is 0 Å². The summed E-state index contributed by atoms with van der Waals surface area (Å²) < 4.78 is 18.7. The first kappa shape index (κ1) is 23.1. The molecule has 2 amide bonds. The molecule has 3 rings (SSSR count).